The van der Waals surface area contributed by atoms with Gasteiger partial charge in [-0.25, -0.2) is 4.98 Å². The van der Waals surface area contributed by atoms with Crippen molar-refractivity contribution >= 4 is 40.9 Å². The average molecular weight is 320 g/mol. The highest BCUT2D eigenvalue weighted by atomic mass is 35.5. The smallest absolute Gasteiger partial charge is 0.308 e. The highest BCUT2D eigenvalue weighted by Crippen LogP contribution is 2.37. The van der Waals surface area contributed by atoms with Gasteiger partial charge in [0.05, 0.1) is 13.0 Å². The van der Waals surface area contributed by atoms with E-state index in [2.05, 4.69) is 4.98 Å². The van der Waals surface area contributed by atoms with Crippen LogP contribution in [0.5, 0.6) is 0 Å². The van der Waals surface area contributed by atoms with Crippen molar-refractivity contribution in [2.75, 3.05) is 7.11 Å². The number of hydrogen-bond donors (Lipinski definition) is 0. The van der Waals surface area contributed by atoms with Crippen molar-refractivity contribution in [1.82, 2.24) is 4.98 Å². The highest BCUT2D eigenvalue weighted by molar-refractivity contribution is 8.00. The minimum Gasteiger partial charge on any atom is -0.469 e. The predicted octanol–water partition coefficient (Wildman–Crippen LogP) is 4.21. The highest BCUT2D eigenvalue weighted by Gasteiger charge is 2.27. The number of hydrogen-bond acceptors (Lipinski definition) is 4. The number of methoxy groups -OCH3 is 1. The second-order valence-electron chi connectivity index (χ2n) is 4.56. The molecule has 0 spiro atoms. The fourth-order valence-corrected chi connectivity index (χ4v) is 4.13. The Kier molecular flexibility index (Phi) is 5.37. The van der Waals surface area contributed by atoms with Crippen molar-refractivity contribution in [1.29, 1.82) is 0 Å². The Morgan fingerprint density at radius 2 is 1.84 bits per heavy atom. The molecule has 0 saturated heterocycles. The van der Waals surface area contributed by atoms with Gasteiger partial charge in [0.2, 0.25) is 0 Å². The molecule has 1 heterocycles. The number of carbonyl (C=O) groups excluding carboxylic acids is 1. The molecule has 1 aliphatic carbocycles. The van der Waals surface area contributed by atoms with Crippen LogP contribution in [0.1, 0.15) is 25.7 Å². The molecule has 1 aromatic rings. The molecule has 0 aliphatic heterocycles. The van der Waals surface area contributed by atoms with Crippen LogP contribution in [0, 0.1) is 5.92 Å². The fraction of sp³-hybridized carbons (Fsp3) is 0.538. The quantitative estimate of drug-likeness (QED) is 0.618. The second kappa shape index (κ2) is 6.82. The van der Waals surface area contributed by atoms with Crippen molar-refractivity contribution in [3.63, 3.8) is 0 Å². The standard InChI is InChI=1S/C13H15Cl2NO2S/c1-18-13(17)8-2-4-9(5-3-8)19-10-6-11(14)16-12(15)7-10/h6-9H,2-5H2,1H3. The van der Waals surface area contributed by atoms with E-state index in [0.717, 1.165) is 30.6 Å². The van der Waals surface area contributed by atoms with E-state index in [-0.39, 0.29) is 11.9 Å². The third-order valence-electron chi connectivity index (χ3n) is 3.25. The fourth-order valence-electron chi connectivity index (χ4n) is 2.29. The SMILES string of the molecule is COC(=O)C1CCC(Sc2cc(Cl)nc(Cl)c2)CC1. The van der Waals surface area contributed by atoms with Crippen LogP contribution < -0.4 is 0 Å². The van der Waals surface area contributed by atoms with E-state index < -0.39 is 0 Å². The molecule has 6 heteroatoms. The predicted molar refractivity (Wildman–Crippen MR) is 77.9 cm³/mol. The molecule has 2 rings (SSSR count). The van der Waals surface area contributed by atoms with Crippen molar-refractivity contribution in [3.8, 4) is 0 Å². The minimum absolute atomic E-state index is 0.0615. The number of nitrogens with zero attached hydrogens (tertiary/aromatic N) is 1. The van der Waals surface area contributed by atoms with E-state index in [1.165, 1.54) is 7.11 Å². The van der Waals surface area contributed by atoms with Crippen molar-refractivity contribution in [3.05, 3.63) is 22.4 Å². The van der Waals surface area contributed by atoms with Gasteiger partial charge >= 0.3 is 5.97 Å². The molecule has 1 saturated carbocycles. The van der Waals surface area contributed by atoms with Gasteiger partial charge in [0.25, 0.3) is 0 Å². The molecular formula is C13H15Cl2NO2S. The summed E-state index contributed by atoms with van der Waals surface area (Å²) in [5, 5.41) is 1.33. The van der Waals surface area contributed by atoms with Crippen LogP contribution in [0.4, 0.5) is 0 Å². The van der Waals surface area contributed by atoms with Crippen molar-refractivity contribution < 1.29 is 9.53 Å². The number of pyridine rings is 1. The molecule has 0 N–H and O–H groups in total. The van der Waals surface area contributed by atoms with Crippen LogP contribution in [0.15, 0.2) is 17.0 Å². The molecule has 0 unspecified atom stereocenters. The molecule has 1 fully saturated rings. The summed E-state index contributed by atoms with van der Waals surface area (Å²) in [7, 11) is 1.45. The number of thioether (sulfide) groups is 1. The topological polar surface area (TPSA) is 39.2 Å². The summed E-state index contributed by atoms with van der Waals surface area (Å²) in [6, 6.07) is 3.65. The van der Waals surface area contributed by atoms with E-state index in [0.29, 0.717) is 15.6 Å². The Hall–Kier alpha value is -0.450. The first-order chi connectivity index (χ1) is 9.08. The van der Waals surface area contributed by atoms with Crippen LogP contribution in [0.3, 0.4) is 0 Å². The molecule has 0 amide bonds. The molecule has 104 valence electrons. The monoisotopic (exact) mass is 319 g/mol. The number of halogens is 2. The molecular weight excluding hydrogens is 305 g/mol. The van der Waals surface area contributed by atoms with E-state index in [1.807, 2.05) is 12.1 Å². The van der Waals surface area contributed by atoms with Gasteiger partial charge in [-0.1, -0.05) is 23.2 Å². The first-order valence-electron chi connectivity index (χ1n) is 6.16. The molecule has 0 bridgehead atoms. The summed E-state index contributed by atoms with van der Waals surface area (Å²) in [4.78, 5) is 16.4. The van der Waals surface area contributed by atoms with E-state index in [4.69, 9.17) is 27.9 Å². The van der Waals surface area contributed by atoms with Gasteiger partial charge in [-0.2, -0.15) is 0 Å². The van der Waals surface area contributed by atoms with Crippen molar-refractivity contribution in [2.24, 2.45) is 5.92 Å². The molecule has 0 radical (unpaired) electrons. The Bertz CT molecular complexity index is 442. The number of rotatable bonds is 3. The van der Waals surface area contributed by atoms with Crippen LogP contribution in [0.25, 0.3) is 0 Å². The van der Waals surface area contributed by atoms with Crippen molar-refractivity contribution in [2.45, 2.75) is 35.8 Å². The van der Waals surface area contributed by atoms with Gasteiger partial charge in [0, 0.05) is 10.1 Å². The molecule has 1 aliphatic rings. The molecule has 3 nitrogen and oxygen atoms in total. The number of ether oxygens (including phenoxy) is 1. The Balaban J connectivity index is 1.90. The van der Waals surface area contributed by atoms with E-state index in [1.54, 1.807) is 11.8 Å². The summed E-state index contributed by atoms with van der Waals surface area (Å²) >= 11 is 13.5. The van der Waals surface area contributed by atoms with Crippen LogP contribution in [-0.2, 0) is 9.53 Å². The van der Waals surface area contributed by atoms with Gasteiger partial charge in [-0.15, -0.1) is 11.8 Å². The average Bonchev–Trinajstić information content (AvgIpc) is 2.37. The van der Waals surface area contributed by atoms with Gasteiger partial charge in [-0.3, -0.25) is 4.79 Å². The third kappa shape index (κ3) is 4.26. The summed E-state index contributed by atoms with van der Waals surface area (Å²) < 4.78 is 4.79. The first kappa shape index (κ1) is 14.9. The molecule has 0 aromatic carbocycles. The maximum Gasteiger partial charge on any atom is 0.308 e. The summed E-state index contributed by atoms with van der Waals surface area (Å²) in [5.41, 5.74) is 0. The number of carbonyl (C=O) groups is 1. The normalized spacial score (nSPS) is 23.1. The van der Waals surface area contributed by atoms with Gasteiger partial charge in [0.1, 0.15) is 10.3 Å². The Morgan fingerprint density at radius 1 is 1.26 bits per heavy atom. The number of aromatic nitrogens is 1. The number of esters is 1. The van der Waals surface area contributed by atoms with Crippen LogP contribution in [-0.4, -0.2) is 23.3 Å². The zero-order valence-electron chi connectivity index (χ0n) is 10.6. The summed E-state index contributed by atoms with van der Waals surface area (Å²) in [5.74, 6) is -0.0232. The zero-order chi connectivity index (χ0) is 13.8. The van der Waals surface area contributed by atoms with E-state index in [9.17, 15) is 4.79 Å². The minimum atomic E-state index is -0.0848. The lowest BCUT2D eigenvalue weighted by molar-refractivity contribution is -0.146. The molecule has 1 aromatic heterocycles. The van der Waals surface area contributed by atoms with Gasteiger partial charge in [0.15, 0.2) is 0 Å². The molecule has 0 atom stereocenters. The molecule has 19 heavy (non-hydrogen) atoms. The summed E-state index contributed by atoms with van der Waals surface area (Å²) in [6.45, 7) is 0. The lowest BCUT2D eigenvalue weighted by atomic mass is 9.89. The zero-order valence-corrected chi connectivity index (χ0v) is 12.9. The van der Waals surface area contributed by atoms with Gasteiger partial charge in [-0.05, 0) is 37.8 Å². The lowest BCUT2D eigenvalue weighted by Crippen LogP contribution is -2.23. The van der Waals surface area contributed by atoms with Gasteiger partial charge < -0.3 is 4.74 Å². The Labute approximate surface area is 127 Å². The van der Waals surface area contributed by atoms with Crippen LogP contribution in [0.2, 0.25) is 10.3 Å². The maximum absolute atomic E-state index is 11.4. The van der Waals surface area contributed by atoms with Crippen LogP contribution >= 0.6 is 35.0 Å². The van der Waals surface area contributed by atoms with E-state index >= 15 is 0 Å². The Morgan fingerprint density at radius 3 is 2.37 bits per heavy atom. The lowest BCUT2D eigenvalue weighted by Gasteiger charge is -2.26. The largest absolute Gasteiger partial charge is 0.469 e. The third-order valence-corrected chi connectivity index (χ3v) is 4.95. The first-order valence-corrected chi connectivity index (χ1v) is 7.79. The second-order valence-corrected chi connectivity index (χ2v) is 6.71. The summed E-state index contributed by atoms with van der Waals surface area (Å²) in [6.07, 6.45) is 3.78. The maximum atomic E-state index is 11.4.